The van der Waals surface area contributed by atoms with Crippen LogP contribution in [-0.2, 0) is 21.4 Å². The molecule has 24 heavy (non-hydrogen) atoms. The van der Waals surface area contributed by atoms with Crippen LogP contribution in [0, 0.1) is 13.8 Å². The average molecular weight is 371 g/mol. The molecule has 0 spiro atoms. The maximum absolute atomic E-state index is 12.6. The molecular formula is C15H19ClN4O3S. The smallest absolute Gasteiger partial charge is 0.246 e. The van der Waals surface area contributed by atoms with E-state index < -0.39 is 15.9 Å². The molecule has 0 saturated heterocycles. The van der Waals surface area contributed by atoms with Crippen molar-refractivity contribution in [3.8, 4) is 0 Å². The average Bonchev–Trinajstić information content (AvgIpc) is 2.86. The number of aromatic nitrogens is 2. The number of sulfonamides is 1. The Morgan fingerprint density at radius 1 is 1.29 bits per heavy atom. The topological polar surface area (TPSA) is 95.2 Å². The zero-order valence-electron chi connectivity index (χ0n) is 13.6. The Morgan fingerprint density at radius 3 is 2.46 bits per heavy atom. The van der Waals surface area contributed by atoms with E-state index in [0.717, 1.165) is 9.87 Å². The van der Waals surface area contributed by atoms with Crippen LogP contribution >= 0.6 is 11.6 Å². The summed E-state index contributed by atoms with van der Waals surface area (Å²) in [5.41, 5.74) is 1.70. The molecule has 0 aliphatic carbocycles. The minimum Gasteiger partial charge on any atom is -0.351 e. The van der Waals surface area contributed by atoms with E-state index >= 15 is 0 Å². The van der Waals surface area contributed by atoms with Crippen molar-refractivity contribution in [1.29, 1.82) is 0 Å². The number of benzene rings is 1. The fraction of sp³-hybridized carbons (Fsp3) is 0.333. The molecule has 9 heteroatoms. The van der Waals surface area contributed by atoms with Gasteiger partial charge in [-0.1, -0.05) is 23.7 Å². The van der Waals surface area contributed by atoms with Crippen LogP contribution < -0.4 is 5.32 Å². The summed E-state index contributed by atoms with van der Waals surface area (Å²) in [7, 11) is -2.42. The predicted octanol–water partition coefficient (Wildman–Crippen LogP) is 1.62. The van der Waals surface area contributed by atoms with Crippen LogP contribution in [0.1, 0.15) is 17.0 Å². The molecule has 0 bridgehead atoms. The van der Waals surface area contributed by atoms with Crippen LogP contribution in [-0.4, -0.2) is 42.4 Å². The van der Waals surface area contributed by atoms with E-state index in [2.05, 4.69) is 15.5 Å². The van der Waals surface area contributed by atoms with Gasteiger partial charge in [0, 0.05) is 18.6 Å². The van der Waals surface area contributed by atoms with Crippen molar-refractivity contribution in [3.63, 3.8) is 0 Å². The highest BCUT2D eigenvalue weighted by molar-refractivity contribution is 7.89. The number of nitrogens with one attached hydrogen (secondary N) is 2. The quantitative estimate of drug-likeness (QED) is 0.807. The first-order valence-corrected chi connectivity index (χ1v) is 9.02. The second kappa shape index (κ2) is 7.33. The summed E-state index contributed by atoms with van der Waals surface area (Å²) < 4.78 is 26.1. The number of carbonyl (C=O) groups excluding carboxylic acids is 1. The van der Waals surface area contributed by atoms with Crippen molar-refractivity contribution in [2.75, 3.05) is 13.6 Å². The summed E-state index contributed by atoms with van der Waals surface area (Å²) in [5.74, 6) is -0.394. The minimum atomic E-state index is -3.78. The van der Waals surface area contributed by atoms with Gasteiger partial charge in [0.05, 0.1) is 17.9 Å². The predicted molar refractivity (Wildman–Crippen MR) is 91.2 cm³/mol. The first-order valence-electron chi connectivity index (χ1n) is 7.21. The normalized spacial score (nSPS) is 11.7. The molecule has 0 aliphatic heterocycles. The summed E-state index contributed by atoms with van der Waals surface area (Å²) in [4.78, 5) is 12.1. The lowest BCUT2D eigenvalue weighted by atomic mass is 10.2. The molecule has 1 aromatic carbocycles. The zero-order chi connectivity index (χ0) is 17.9. The molecule has 2 rings (SSSR count). The van der Waals surface area contributed by atoms with E-state index in [9.17, 15) is 13.2 Å². The molecule has 0 unspecified atom stereocenters. The highest BCUT2D eigenvalue weighted by Crippen LogP contribution is 2.20. The van der Waals surface area contributed by atoms with E-state index in [1.807, 2.05) is 0 Å². The molecule has 0 atom stereocenters. The van der Waals surface area contributed by atoms with Gasteiger partial charge in [-0.05, 0) is 31.5 Å². The van der Waals surface area contributed by atoms with E-state index in [4.69, 9.17) is 11.6 Å². The number of hydrogen-bond acceptors (Lipinski definition) is 4. The number of halogens is 1. The van der Waals surface area contributed by atoms with Crippen molar-refractivity contribution < 1.29 is 13.2 Å². The SMILES string of the molecule is Cc1n[nH]c(C)c1S(=O)(=O)N(C)CC(=O)NCc1ccc(Cl)cc1. The second-order valence-electron chi connectivity index (χ2n) is 5.43. The first-order chi connectivity index (χ1) is 11.2. The third-order valence-corrected chi connectivity index (χ3v) is 5.82. The third-order valence-electron chi connectivity index (χ3n) is 3.50. The molecule has 0 fully saturated rings. The van der Waals surface area contributed by atoms with Crippen LogP contribution in [0.2, 0.25) is 5.02 Å². The molecule has 0 saturated carbocycles. The van der Waals surface area contributed by atoms with Crippen molar-refractivity contribution in [2.45, 2.75) is 25.3 Å². The van der Waals surface area contributed by atoms with Gasteiger partial charge in [-0.25, -0.2) is 8.42 Å². The number of nitrogens with zero attached hydrogens (tertiary/aromatic N) is 2. The van der Waals surface area contributed by atoms with Crippen LogP contribution in [0.3, 0.4) is 0 Å². The Hall–Kier alpha value is -1.90. The Balaban J connectivity index is 1.99. The van der Waals surface area contributed by atoms with E-state index in [1.165, 1.54) is 7.05 Å². The molecule has 130 valence electrons. The lowest BCUT2D eigenvalue weighted by molar-refractivity contribution is -0.121. The Bertz CT molecular complexity index is 811. The fourth-order valence-corrected chi connectivity index (χ4v) is 3.80. The van der Waals surface area contributed by atoms with Crippen molar-refractivity contribution in [3.05, 3.63) is 46.2 Å². The first kappa shape index (κ1) is 18.4. The van der Waals surface area contributed by atoms with Crippen molar-refractivity contribution >= 4 is 27.5 Å². The summed E-state index contributed by atoms with van der Waals surface area (Å²) in [6.07, 6.45) is 0. The van der Waals surface area contributed by atoms with Gasteiger partial charge in [0.1, 0.15) is 4.90 Å². The Morgan fingerprint density at radius 2 is 1.92 bits per heavy atom. The van der Waals surface area contributed by atoms with Gasteiger partial charge >= 0.3 is 0 Å². The summed E-state index contributed by atoms with van der Waals surface area (Å²) in [5, 5.41) is 9.82. The van der Waals surface area contributed by atoms with Crippen LogP contribution in [0.4, 0.5) is 0 Å². The molecule has 0 radical (unpaired) electrons. The van der Waals surface area contributed by atoms with Crippen LogP contribution in [0.15, 0.2) is 29.2 Å². The largest absolute Gasteiger partial charge is 0.351 e. The minimum absolute atomic E-state index is 0.107. The molecule has 1 aromatic heterocycles. The van der Waals surface area contributed by atoms with Gasteiger partial charge in [-0.15, -0.1) is 0 Å². The third kappa shape index (κ3) is 4.14. The molecule has 1 heterocycles. The van der Waals surface area contributed by atoms with E-state index in [0.29, 0.717) is 23.0 Å². The monoisotopic (exact) mass is 370 g/mol. The van der Waals surface area contributed by atoms with Crippen LogP contribution in [0.5, 0.6) is 0 Å². The number of aromatic amines is 1. The maximum atomic E-state index is 12.6. The molecule has 7 nitrogen and oxygen atoms in total. The fourth-order valence-electron chi connectivity index (χ4n) is 2.22. The molecular weight excluding hydrogens is 352 g/mol. The van der Waals surface area contributed by atoms with E-state index in [-0.39, 0.29) is 11.4 Å². The number of amides is 1. The highest BCUT2D eigenvalue weighted by atomic mass is 35.5. The second-order valence-corrected chi connectivity index (χ2v) is 7.85. The van der Waals surface area contributed by atoms with E-state index in [1.54, 1.807) is 38.1 Å². The highest BCUT2D eigenvalue weighted by Gasteiger charge is 2.28. The van der Waals surface area contributed by atoms with Crippen LogP contribution in [0.25, 0.3) is 0 Å². The summed E-state index contributed by atoms with van der Waals surface area (Å²) in [6, 6.07) is 7.04. The Kier molecular flexibility index (Phi) is 5.63. The number of carbonyl (C=O) groups is 1. The molecule has 2 N–H and O–H groups in total. The number of H-pyrrole nitrogens is 1. The number of likely N-dealkylation sites (N-methyl/N-ethyl adjacent to an activating group) is 1. The lowest BCUT2D eigenvalue weighted by Gasteiger charge is -2.17. The maximum Gasteiger partial charge on any atom is 0.246 e. The van der Waals surface area contributed by atoms with Gasteiger partial charge in [0.15, 0.2) is 0 Å². The van der Waals surface area contributed by atoms with Crippen molar-refractivity contribution in [1.82, 2.24) is 19.8 Å². The van der Waals surface area contributed by atoms with Crippen molar-refractivity contribution in [2.24, 2.45) is 0 Å². The summed E-state index contributed by atoms with van der Waals surface area (Å²) in [6.45, 7) is 3.25. The van der Waals surface area contributed by atoms with Gasteiger partial charge in [0.25, 0.3) is 0 Å². The lowest BCUT2D eigenvalue weighted by Crippen LogP contribution is -2.38. The van der Waals surface area contributed by atoms with Gasteiger partial charge in [-0.2, -0.15) is 9.40 Å². The van der Waals surface area contributed by atoms with Gasteiger partial charge in [0.2, 0.25) is 15.9 Å². The Labute approximate surface area is 146 Å². The van der Waals surface area contributed by atoms with Gasteiger partial charge < -0.3 is 5.32 Å². The number of aryl methyl sites for hydroxylation is 2. The standard InChI is InChI=1S/C15H19ClN4O3S/c1-10-15(11(2)19-18-10)24(22,23)20(3)9-14(21)17-8-12-4-6-13(16)7-5-12/h4-7H,8-9H2,1-3H3,(H,17,21)(H,18,19). The molecule has 1 amide bonds. The molecule has 0 aliphatic rings. The van der Waals surface area contributed by atoms with Gasteiger partial charge in [-0.3, -0.25) is 9.89 Å². The molecule has 2 aromatic rings. The number of hydrogen-bond donors (Lipinski definition) is 2. The number of rotatable bonds is 6. The summed E-state index contributed by atoms with van der Waals surface area (Å²) >= 11 is 5.80. The zero-order valence-corrected chi connectivity index (χ0v) is 15.2.